The van der Waals surface area contributed by atoms with E-state index in [-0.39, 0.29) is 17.8 Å². The number of carbonyl (C=O) groups excluding carboxylic acids is 2. The summed E-state index contributed by atoms with van der Waals surface area (Å²) < 4.78 is 24.0. The molecule has 1 saturated heterocycles. The molecule has 4 rings (SSSR count). The van der Waals surface area contributed by atoms with Crippen LogP contribution in [0.2, 0.25) is 0 Å². The number of benzene rings is 3. The minimum atomic E-state index is -0.303. The Bertz CT molecular complexity index is 1260. The van der Waals surface area contributed by atoms with Gasteiger partial charge in [-0.25, -0.2) is 9.18 Å². The maximum Gasteiger partial charge on any atom is 0.322 e. The van der Waals surface area contributed by atoms with Gasteiger partial charge in [0.1, 0.15) is 17.3 Å². The summed E-state index contributed by atoms with van der Waals surface area (Å²) in [6.45, 7) is 6.06. The summed E-state index contributed by atoms with van der Waals surface area (Å²) in [4.78, 5) is 32.1. The van der Waals surface area contributed by atoms with Gasteiger partial charge in [-0.2, -0.15) is 0 Å². The predicted octanol–water partition coefficient (Wildman–Crippen LogP) is 4.64. The highest BCUT2D eigenvalue weighted by Crippen LogP contribution is 2.29. The van der Waals surface area contributed by atoms with Crippen molar-refractivity contribution >= 4 is 17.6 Å². The van der Waals surface area contributed by atoms with Gasteiger partial charge in [-0.3, -0.25) is 9.69 Å². The second-order valence-corrected chi connectivity index (χ2v) is 9.54. The number of aryl methyl sites for hydroxylation is 1. The lowest BCUT2D eigenvalue weighted by molar-refractivity contribution is 0.0704. The summed E-state index contributed by atoms with van der Waals surface area (Å²) in [5.41, 5.74) is 3.16. The number of amides is 3. The van der Waals surface area contributed by atoms with E-state index < -0.39 is 0 Å². The lowest BCUT2D eigenvalue weighted by atomic mass is 10.1. The molecule has 1 aliphatic heterocycles. The van der Waals surface area contributed by atoms with Crippen LogP contribution in [0.15, 0.2) is 66.7 Å². The molecule has 3 aromatic rings. The Balaban J connectivity index is 1.34. The van der Waals surface area contributed by atoms with E-state index in [2.05, 4.69) is 10.2 Å². The summed E-state index contributed by atoms with van der Waals surface area (Å²) in [6, 6.07) is 18.8. The molecule has 0 saturated carbocycles. The van der Waals surface area contributed by atoms with Crippen LogP contribution < -0.4 is 14.8 Å². The van der Waals surface area contributed by atoms with Gasteiger partial charge in [-0.15, -0.1) is 0 Å². The van der Waals surface area contributed by atoms with Crippen LogP contribution in [-0.4, -0.2) is 80.1 Å². The van der Waals surface area contributed by atoms with Crippen LogP contribution in [0.5, 0.6) is 11.5 Å². The molecule has 0 aromatic heterocycles. The average Bonchev–Trinajstić information content (AvgIpc) is 2.96. The number of urea groups is 1. The molecular weight excluding hydrogens is 499 g/mol. The van der Waals surface area contributed by atoms with Crippen molar-refractivity contribution in [3.8, 4) is 11.5 Å². The number of halogens is 1. The van der Waals surface area contributed by atoms with Gasteiger partial charge in [0.25, 0.3) is 5.91 Å². The number of methoxy groups -OCH3 is 2. The standard InChI is InChI=1S/C30H35FN4O4/c1-22-4-8-24(9-5-22)29(36)35(21-23-6-10-25(31)11-7-23)19-16-33-14-17-34(18-15-33)30(37)32-27-13-12-26(38-2)20-28(27)39-3/h4-13,20H,14-19,21H2,1-3H3,(H,32,37). The highest BCUT2D eigenvalue weighted by Gasteiger charge is 2.24. The molecule has 0 unspecified atom stereocenters. The Hall–Kier alpha value is -4.11. The molecule has 0 radical (unpaired) electrons. The Morgan fingerprint density at radius 3 is 2.26 bits per heavy atom. The molecule has 206 valence electrons. The Morgan fingerprint density at radius 2 is 1.62 bits per heavy atom. The van der Waals surface area contributed by atoms with Crippen LogP contribution >= 0.6 is 0 Å². The van der Waals surface area contributed by atoms with E-state index >= 15 is 0 Å². The molecule has 0 aliphatic carbocycles. The molecule has 3 aromatic carbocycles. The predicted molar refractivity (Wildman–Crippen MR) is 149 cm³/mol. The van der Waals surface area contributed by atoms with Crippen molar-refractivity contribution < 1.29 is 23.5 Å². The molecule has 39 heavy (non-hydrogen) atoms. The van der Waals surface area contributed by atoms with E-state index in [0.717, 1.165) is 11.1 Å². The van der Waals surface area contributed by atoms with E-state index in [0.29, 0.717) is 68.6 Å². The summed E-state index contributed by atoms with van der Waals surface area (Å²) >= 11 is 0. The van der Waals surface area contributed by atoms with Crippen LogP contribution in [0.25, 0.3) is 0 Å². The number of nitrogens with zero attached hydrogens (tertiary/aromatic N) is 3. The Labute approximate surface area is 228 Å². The topological polar surface area (TPSA) is 74.4 Å². The number of hydrogen-bond donors (Lipinski definition) is 1. The van der Waals surface area contributed by atoms with E-state index in [4.69, 9.17) is 9.47 Å². The molecular formula is C30H35FN4O4. The first kappa shape index (κ1) is 27.9. The number of rotatable bonds is 9. The SMILES string of the molecule is COc1ccc(NC(=O)N2CCN(CCN(Cc3ccc(F)cc3)C(=O)c3ccc(C)cc3)CC2)c(OC)c1. The molecule has 0 atom stereocenters. The number of piperazine rings is 1. The lowest BCUT2D eigenvalue weighted by Gasteiger charge is -2.36. The van der Waals surface area contributed by atoms with Crippen molar-refractivity contribution in [2.45, 2.75) is 13.5 Å². The third-order valence-corrected chi connectivity index (χ3v) is 6.87. The van der Waals surface area contributed by atoms with Gasteiger partial charge in [-0.05, 0) is 48.9 Å². The van der Waals surface area contributed by atoms with Gasteiger partial charge in [-0.1, -0.05) is 29.8 Å². The van der Waals surface area contributed by atoms with Crippen LogP contribution in [-0.2, 0) is 6.54 Å². The fourth-order valence-corrected chi connectivity index (χ4v) is 4.47. The van der Waals surface area contributed by atoms with Crippen molar-refractivity contribution in [1.29, 1.82) is 0 Å². The molecule has 8 nitrogen and oxygen atoms in total. The monoisotopic (exact) mass is 534 g/mol. The number of nitrogens with one attached hydrogen (secondary N) is 1. The van der Waals surface area contributed by atoms with Gasteiger partial charge in [0.15, 0.2) is 0 Å². The van der Waals surface area contributed by atoms with E-state index in [1.807, 2.05) is 31.2 Å². The maximum absolute atomic E-state index is 13.4. The van der Waals surface area contributed by atoms with Crippen molar-refractivity contribution in [2.75, 3.05) is 58.8 Å². The Kier molecular flexibility index (Phi) is 9.38. The highest BCUT2D eigenvalue weighted by molar-refractivity contribution is 5.94. The number of carbonyl (C=O) groups is 2. The van der Waals surface area contributed by atoms with E-state index in [1.54, 1.807) is 54.4 Å². The molecule has 9 heteroatoms. The molecule has 1 aliphatic rings. The van der Waals surface area contributed by atoms with Crippen molar-refractivity contribution in [1.82, 2.24) is 14.7 Å². The van der Waals surface area contributed by atoms with Gasteiger partial charge < -0.3 is 24.6 Å². The summed E-state index contributed by atoms with van der Waals surface area (Å²) in [5.74, 6) is 0.807. The fourth-order valence-electron chi connectivity index (χ4n) is 4.47. The second-order valence-electron chi connectivity index (χ2n) is 9.54. The normalized spacial score (nSPS) is 13.6. The highest BCUT2D eigenvalue weighted by atomic mass is 19.1. The van der Waals surface area contributed by atoms with Gasteiger partial charge in [0, 0.05) is 57.4 Å². The van der Waals surface area contributed by atoms with Gasteiger partial charge >= 0.3 is 6.03 Å². The molecule has 1 fully saturated rings. The zero-order chi connectivity index (χ0) is 27.8. The van der Waals surface area contributed by atoms with E-state index in [1.165, 1.54) is 12.1 Å². The third-order valence-electron chi connectivity index (χ3n) is 6.87. The van der Waals surface area contributed by atoms with Gasteiger partial charge in [0.2, 0.25) is 0 Å². The maximum atomic E-state index is 13.4. The molecule has 1 heterocycles. The van der Waals surface area contributed by atoms with E-state index in [9.17, 15) is 14.0 Å². The minimum absolute atomic E-state index is 0.0641. The summed E-state index contributed by atoms with van der Waals surface area (Å²) in [6.07, 6.45) is 0. The molecule has 0 spiro atoms. The zero-order valence-electron chi connectivity index (χ0n) is 22.7. The molecule has 1 N–H and O–H groups in total. The molecule has 0 bridgehead atoms. The number of hydrogen-bond acceptors (Lipinski definition) is 5. The number of ether oxygens (including phenoxy) is 2. The first-order valence-corrected chi connectivity index (χ1v) is 13.0. The number of anilines is 1. The first-order chi connectivity index (χ1) is 18.9. The van der Waals surface area contributed by atoms with Crippen molar-refractivity contribution in [3.63, 3.8) is 0 Å². The lowest BCUT2D eigenvalue weighted by Crippen LogP contribution is -2.51. The smallest absolute Gasteiger partial charge is 0.322 e. The summed E-state index contributed by atoms with van der Waals surface area (Å²) in [5, 5.41) is 2.92. The largest absolute Gasteiger partial charge is 0.497 e. The first-order valence-electron chi connectivity index (χ1n) is 13.0. The fraction of sp³-hybridized carbons (Fsp3) is 0.333. The van der Waals surface area contributed by atoms with Crippen molar-refractivity contribution in [3.05, 3.63) is 89.2 Å². The van der Waals surface area contributed by atoms with Crippen LogP contribution in [0.3, 0.4) is 0 Å². The average molecular weight is 535 g/mol. The quantitative estimate of drug-likeness (QED) is 0.433. The second kappa shape index (κ2) is 13.1. The minimum Gasteiger partial charge on any atom is -0.497 e. The molecule has 3 amide bonds. The Morgan fingerprint density at radius 1 is 0.923 bits per heavy atom. The van der Waals surface area contributed by atoms with Gasteiger partial charge in [0.05, 0.1) is 19.9 Å². The van der Waals surface area contributed by atoms with Crippen LogP contribution in [0, 0.1) is 12.7 Å². The summed E-state index contributed by atoms with van der Waals surface area (Å²) in [7, 11) is 3.12. The zero-order valence-corrected chi connectivity index (χ0v) is 22.7. The van der Waals surface area contributed by atoms with Crippen molar-refractivity contribution in [2.24, 2.45) is 0 Å². The van der Waals surface area contributed by atoms with Crippen LogP contribution in [0.1, 0.15) is 21.5 Å². The third kappa shape index (κ3) is 7.48. The van der Waals surface area contributed by atoms with Crippen LogP contribution in [0.4, 0.5) is 14.9 Å².